The van der Waals surface area contributed by atoms with Gasteiger partial charge in [-0.2, -0.15) is 0 Å². The number of rotatable bonds is 0. The van der Waals surface area contributed by atoms with Gasteiger partial charge < -0.3 is 0 Å². The van der Waals surface area contributed by atoms with Gasteiger partial charge in [-0.3, -0.25) is 0 Å². The maximum atomic E-state index is 0. The van der Waals surface area contributed by atoms with Crippen LogP contribution in [-0.4, -0.2) is 59.3 Å². The van der Waals surface area contributed by atoms with E-state index in [2.05, 4.69) is 0 Å². The van der Waals surface area contributed by atoms with Crippen molar-refractivity contribution in [3.63, 3.8) is 0 Å². The van der Waals surface area contributed by atoms with Crippen molar-refractivity contribution in [3.8, 4) is 0 Å². The Hall–Kier alpha value is 3.04. The van der Waals surface area contributed by atoms with Crippen molar-refractivity contribution in [3.05, 3.63) is 0 Å². The molecule has 0 nitrogen and oxygen atoms in total. The smallest absolute Gasteiger partial charge is 0 e. The first-order valence-electron chi connectivity index (χ1n) is 0. The monoisotopic (exact) mass is 191 g/mol. The molecular weight excluding hydrogens is 187 g/mol. The molecule has 0 aromatic carbocycles. The third-order valence-electron chi connectivity index (χ3n) is 0. The van der Waals surface area contributed by atoms with Crippen LogP contribution in [0.15, 0.2) is 0 Å². The number of hydrogen-bond acceptors (Lipinski definition) is 0. The molecule has 0 aromatic heterocycles. The van der Waals surface area contributed by atoms with Crippen LogP contribution in [0.5, 0.6) is 0 Å². The van der Waals surface area contributed by atoms with Crippen LogP contribution in [-0.2, 0) is 36.5 Å². The average molecular weight is 193 g/mol. The van der Waals surface area contributed by atoms with Gasteiger partial charge in [0.15, 0.2) is 17.4 Å². The van der Waals surface area contributed by atoms with Crippen LogP contribution in [0.3, 0.4) is 0 Å². The first-order valence-corrected chi connectivity index (χ1v) is 0. The second kappa shape index (κ2) is 27.8. The Balaban J connectivity index is 0. The Morgan fingerprint density at radius 2 is 1.00 bits per heavy atom. The van der Waals surface area contributed by atoms with E-state index in [9.17, 15) is 0 Å². The topological polar surface area (TPSA) is 0 Å². The summed E-state index contributed by atoms with van der Waals surface area (Å²) in [5, 5.41) is 0. The van der Waals surface area contributed by atoms with Gasteiger partial charge in [0.2, 0.25) is 0 Å². The van der Waals surface area contributed by atoms with Crippen LogP contribution in [0, 0.1) is 0 Å². The van der Waals surface area contributed by atoms with Gasteiger partial charge in [0.1, 0.15) is 0 Å². The molecule has 0 saturated heterocycles. The summed E-state index contributed by atoms with van der Waals surface area (Å²) in [6, 6.07) is 0. The van der Waals surface area contributed by atoms with E-state index >= 15 is 0 Å². The van der Waals surface area contributed by atoms with Crippen LogP contribution < -0.4 is 0 Å². The van der Waals surface area contributed by atoms with Crippen LogP contribution in [0.4, 0.5) is 0 Å². The molecule has 0 heterocycles. The van der Waals surface area contributed by atoms with E-state index in [0.29, 0.717) is 0 Å². The van der Waals surface area contributed by atoms with Crippen molar-refractivity contribution < 1.29 is 36.5 Å². The van der Waals surface area contributed by atoms with Gasteiger partial charge in [0, 0.05) is 36.5 Å². The molecule has 0 aliphatic carbocycles. The molecule has 0 aliphatic rings. The zero-order chi connectivity index (χ0) is 0. The second-order valence-electron chi connectivity index (χ2n) is 0. The summed E-state index contributed by atoms with van der Waals surface area (Å²) in [4.78, 5) is 0. The van der Waals surface area contributed by atoms with Crippen LogP contribution >= 0.6 is 0 Å². The van der Waals surface area contributed by atoms with Crippen molar-refractivity contribution in [2.45, 2.75) is 0 Å². The van der Waals surface area contributed by atoms with E-state index in [1.165, 1.54) is 0 Å². The Morgan fingerprint density at radius 1 is 1.00 bits per heavy atom. The summed E-state index contributed by atoms with van der Waals surface area (Å²) in [5.41, 5.74) is 0. The molecule has 0 aliphatic heterocycles. The van der Waals surface area contributed by atoms with Gasteiger partial charge in [-0.15, -0.1) is 0 Å². The molecule has 5 heteroatoms. The molecule has 0 fully saturated rings. The van der Waals surface area contributed by atoms with Gasteiger partial charge in [0.25, 0.3) is 0 Å². The van der Waals surface area contributed by atoms with Crippen molar-refractivity contribution in [1.29, 1.82) is 0 Å². The zero-order valence-electron chi connectivity index (χ0n) is 1.01. The summed E-state index contributed by atoms with van der Waals surface area (Å²) < 4.78 is 0. The molecule has 25 valence electrons. The van der Waals surface area contributed by atoms with E-state index in [0.717, 1.165) is 0 Å². The van der Waals surface area contributed by atoms with Crippen molar-refractivity contribution >= 4 is 59.3 Å². The van der Waals surface area contributed by atoms with Crippen molar-refractivity contribution in [1.82, 2.24) is 0 Å². The molecule has 0 saturated carbocycles. The molecule has 0 spiro atoms. The predicted octanol–water partition coefficient (Wildman–Crippen LogP) is -2.75. The standard InChI is InChI=1S/Al.Cu.Li.Mg.Zn.6H. The second-order valence-corrected chi connectivity index (χ2v) is 0. The molecule has 5 heavy (non-hydrogen) atoms. The molecule has 0 unspecified atom stereocenters. The molecule has 0 aromatic rings. The average Bonchev–Trinajstić information content (AvgIpc) is 0. The fourth-order valence-corrected chi connectivity index (χ4v) is 0. The molecule has 1 radical (unpaired) electrons. The molecule has 0 rings (SSSR count). The third-order valence-corrected chi connectivity index (χ3v) is 0. The summed E-state index contributed by atoms with van der Waals surface area (Å²) in [6.45, 7) is 0. The zero-order valence-corrected chi connectivity index (χ0v) is 4.92. The quantitative estimate of drug-likeness (QED) is 0.366. The van der Waals surface area contributed by atoms with E-state index in [-0.39, 0.29) is 95.8 Å². The van der Waals surface area contributed by atoms with Gasteiger partial charge in [-0.05, 0) is 0 Å². The van der Waals surface area contributed by atoms with Crippen LogP contribution in [0.1, 0.15) is 0 Å². The maximum absolute atomic E-state index is 0. The molecule has 0 N–H and O–H groups in total. The SMILES string of the molecule is [AlH3].[Cu].[LiH].[MgH2].[Zn]. The minimum atomic E-state index is 0. The largest absolute Gasteiger partial charge is 0.316 e. The van der Waals surface area contributed by atoms with Crippen LogP contribution in [0.25, 0.3) is 0 Å². The molecule has 0 bridgehead atoms. The molecule has 0 amide bonds. The number of hydrogen-bond donors (Lipinski definition) is 0. The first-order chi connectivity index (χ1) is 0. The predicted molar refractivity (Wildman–Crippen MR) is 25.6 cm³/mol. The Kier molecular flexibility index (Phi) is 240. The van der Waals surface area contributed by atoms with Crippen molar-refractivity contribution in [2.24, 2.45) is 0 Å². The minimum Gasteiger partial charge on any atom is 0 e. The summed E-state index contributed by atoms with van der Waals surface area (Å²) >= 11 is 0. The minimum absolute atomic E-state index is 0. The first kappa shape index (κ1) is 43.1. The van der Waals surface area contributed by atoms with Gasteiger partial charge in [-0.1, -0.05) is 0 Å². The van der Waals surface area contributed by atoms with Crippen LogP contribution in [0.2, 0.25) is 0 Å². The van der Waals surface area contributed by atoms with E-state index in [1.54, 1.807) is 0 Å². The molecular formula is H6AlCuLiMgZn. The Morgan fingerprint density at radius 3 is 1.00 bits per heavy atom. The normalized spacial score (nSPS) is 0. The van der Waals surface area contributed by atoms with E-state index in [4.69, 9.17) is 0 Å². The van der Waals surface area contributed by atoms with Gasteiger partial charge in [-0.25, -0.2) is 0 Å². The maximum Gasteiger partial charge on any atom is 0.316 e. The fraction of sp³-hybridized carbons (Fsp3) is 0. The van der Waals surface area contributed by atoms with Gasteiger partial charge >= 0.3 is 41.9 Å². The summed E-state index contributed by atoms with van der Waals surface area (Å²) in [5.74, 6) is 0. The Bertz CT molecular complexity index is 11.6. The summed E-state index contributed by atoms with van der Waals surface area (Å²) in [6.07, 6.45) is 0. The summed E-state index contributed by atoms with van der Waals surface area (Å²) in [7, 11) is 0. The van der Waals surface area contributed by atoms with E-state index in [1.807, 2.05) is 0 Å². The molecule has 0 atom stereocenters. The fourth-order valence-electron chi connectivity index (χ4n) is 0. The Labute approximate surface area is 94.3 Å². The van der Waals surface area contributed by atoms with Gasteiger partial charge in [0.05, 0.1) is 0 Å². The van der Waals surface area contributed by atoms with Crippen molar-refractivity contribution in [2.75, 3.05) is 0 Å². The van der Waals surface area contributed by atoms with E-state index < -0.39 is 0 Å². The third kappa shape index (κ3) is 19.4.